The minimum absolute atomic E-state index is 0.0903. The van der Waals surface area contributed by atoms with Crippen molar-refractivity contribution in [2.75, 3.05) is 0 Å². The van der Waals surface area contributed by atoms with Gasteiger partial charge in [0.25, 0.3) is 0 Å². The van der Waals surface area contributed by atoms with Crippen molar-refractivity contribution in [2.24, 2.45) is 21.7 Å². The second-order valence-corrected chi connectivity index (χ2v) is 17.8. The van der Waals surface area contributed by atoms with Crippen LogP contribution < -0.4 is 9.47 Å². The average Bonchev–Trinajstić information content (AvgIpc) is 3.14. The zero-order valence-electron chi connectivity index (χ0n) is 33.5. The fraction of sp³-hybridized carbons (Fsp3) is 0.682. The Morgan fingerprint density at radius 3 is 1.17 bits per heavy atom. The van der Waals surface area contributed by atoms with Crippen molar-refractivity contribution in [1.29, 1.82) is 0 Å². The van der Waals surface area contributed by atoms with Crippen LogP contribution in [0.25, 0.3) is 11.1 Å². The molecule has 2 aromatic rings. The van der Waals surface area contributed by atoms with Crippen molar-refractivity contribution in [3.8, 4) is 22.6 Å². The molecule has 54 heavy (non-hydrogen) atoms. The first kappa shape index (κ1) is 39.9. The fourth-order valence-corrected chi connectivity index (χ4v) is 11.1. The summed E-state index contributed by atoms with van der Waals surface area (Å²) >= 11 is 0. The highest BCUT2D eigenvalue weighted by Gasteiger charge is 2.54. The minimum Gasteiger partial charge on any atom is -0.419 e. The first-order valence-electron chi connectivity index (χ1n) is 20.7. The second-order valence-electron chi connectivity index (χ2n) is 17.8. The smallest absolute Gasteiger partial charge is 0.317 e. The van der Waals surface area contributed by atoms with Crippen LogP contribution in [0.4, 0.5) is 11.4 Å². The first-order chi connectivity index (χ1) is 25.6. The number of benzene rings is 2. The Kier molecular flexibility index (Phi) is 11.3. The molecule has 0 atom stereocenters. The van der Waals surface area contributed by atoms with Gasteiger partial charge in [-0.25, -0.2) is 0 Å². The van der Waals surface area contributed by atoms with Gasteiger partial charge in [-0.2, -0.15) is 0 Å². The number of rotatable bonds is 15. The molecule has 2 aromatic carbocycles. The molecule has 0 heterocycles. The lowest BCUT2D eigenvalue weighted by molar-refractivity contribution is -0.386. The van der Waals surface area contributed by atoms with Crippen molar-refractivity contribution >= 4 is 23.3 Å². The van der Waals surface area contributed by atoms with E-state index in [0.29, 0.717) is 33.1 Å². The topological polar surface area (TPSA) is 139 Å². The molecule has 10 heteroatoms. The van der Waals surface area contributed by atoms with Crippen molar-refractivity contribution in [2.45, 2.75) is 170 Å². The summed E-state index contributed by atoms with van der Waals surface area (Å²) in [6.45, 7) is 11.2. The normalized spacial score (nSPS) is 27.1. The molecule has 6 aliphatic carbocycles. The van der Waals surface area contributed by atoms with Gasteiger partial charge in [0.05, 0.1) is 20.7 Å². The number of nitrogens with zero attached hydrogens (tertiary/aromatic N) is 2. The number of carbonyl (C=O) groups is 2. The van der Waals surface area contributed by atoms with Crippen LogP contribution in [0.2, 0.25) is 0 Å². The van der Waals surface area contributed by atoms with Gasteiger partial charge in [0, 0.05) is 11.1 Å². The van der Waals surface area contributed by atoms with Gasteiger partial charge < -0.3 is 9.47 Å². The summed E-state index contributed by atoms with van der Waals surface area (Å²) in [6, 6.07) is 3.06. The number of hydrogen-bond acceptors (Lipinski definition) is 8. The quantitative estimate of drug-likeness (QED) is 0.0577. The molecule has 0 amide bonds. The molecule has 0 spiro atoms. The summed E-state index contributed by atoms with van der Waals surface area (Å²) < 4.78 is 12.0. The highest BCUT2D eigenvalue weighted by molar-refractivity contribution is 5.88. The molecule has 0 aromatic heterocycles. The Balaban J connectivity index is 1.26. The molecule has 0 radical (unpaired) electrons. The summed E-state index contributed by atoms with van der Waals surface area (Å²) in [5, 5.41) is 25.4. The van der Waals surface area contributed by atoms with Gasteiger partial charge in [-0.05, 0) is 163 Å². The van der Waals surface area contributed by atoms with Crippen LogP contribution in [-0.2, 0) is 9.59 Å². The Morgan fingerprint density at radius 1 is 0.574 bits per heavy atom. The van der Waals surface area contributed by atoms with E-state index in [9.17, 15) is 29.8 Å². The number of nitro groups is 2. The van der Waals surface area contributed by atoms with E-state index < -0.39 is 32.6 Å². The largest absolute Gasteiger partial charge is 0.419 e. The summed E-state index contributed by atoms with van der Waals surface area (Å²) in [5.41, 5.74) is 1.36. The monoisotopic (exact) mass is 744 g/mol. The summed E-state index contributed by atoms with van der Waals surface area (Å²) in [4.78, 5) is 52.1. The zero-order chi connectivity index (χ0) is 39.1. The summed E-state index contributed by atoms with van der Waals surface area (Å²) in [5.74, 6) is -0.976. The molecule has 8 rings (SSSR count). The average molecular weight is 745 g/mol. The first-order valence-corrected chi connectivity index (χ1v) is 20.7. The third-order valence-corrected chi connectivity index (χ3v) is 14.7. The highest BCUT2D eigenvalue weighted by atomic mass is 16.6. The maximum atomic E-state index is 13.9. The Hall–Kier alpha value is -3.82. The molecule has 0 saturated heterocycles. The van der Waals surface area contributed by atoms with Crippen LogP contribution in [-0.4, -0.2) is 21.8 Å². The summed E-state index contributed by atoms with van der Waals surface area (Å²) in [6.07, 6.45) is 19.9. The van der Waals surface area contributed by atoms with E-state index in [1.807, 2.05) is 0 Å². The second kappa shape index (κ2) is 15.4. The van der Waals surface area contributed by atoms with Crippen molar-refractivity contribution in [3.63, 3.8) is 0 Å². The predicted octanol–water partition coefficient (Wildman–Crippen LogP) is 12.1. The number of hydrogen-bond donors (Lipinski definition) is 0. The van der Waals surface area contributed by atoms with E-state index in [4.69, 9.17) is 9.47 Å². The van der Waals surface area contributed by atoms with Crippen molar-refractivity contribution < 1.29 is 28.9 Å². The third-order valence-electron chi connectivity index (χ3n) is 14.7. The molecule has 0 unspecified atom stereocenters. The summed E-state index contributed by atoms with van der Waals surface area (Å²) in [7, 11) is 0. The van der Waals surface area contributed by atoms with Crippen molar-refractivity contribution in [3.05, 3.63) is 54.6 Å². The van der Waals surface area contributed by atoms with Crippen LogP contribution in [0.15, 0.2) is 12.1 Å². The van der Waals surface area contributed by atoms with E-state index in [0.717, 1.165) is 77.0 Å². The lowest BCUT2D eigenvalue weighted by Crippen LogP contribution is -2.47. The number of unbranched alkanes of at least 4 members (excludes halogenated alkanes) is 4. The number of ether oxygens (including phenoxy) is 2. The van der Waals surface area contributed by atoms with Gasteiger partial charge in [-0.15, -0.1) is 0 Å². The molecule has 4 bridgehead atoms. The molecule has 0 N–H and O–H groups in total. The molecule has 6 saturated carbocycles. The number of esters is 2. The molecular weight excluding hydrogens is 684 g/mol. The Morgan fingerprint density at radius 2 is 0.889 bits per heavy atom. The molecule has 294 valence electrons. The maximum Gasteiger partial charge on any atom is 0.317 e. The highest BCUT2D eigenvalue weighted by Crippen LogP contribution is 2.61. The van der Waals surface area contributed by atoms with Crippen LogP contribution in [0.5, 0.6) is 11.5 Å². The van der Waals surface area contributed by atoms with Gasteiger partial charge in [-0.3, -0.25) is 29.8 Å². The van der Waals surface area contributed by atoms with Crippen molar-refractivity contribution in [1.82, 2.24) is 0 Å². The van der Waals surface area contributed by atoms with E-state index in [1.54, 1.807) is 27.7 Å². The fourth-order valence-electron chi connectivity index (χ4n) is 11.1. The molecule has 10 nitrogen and oxygen atoms in total. The minimum atomic E-state index is -0.630. The number of fused-ring (bicyclic) bond motifs is 6. The Bertz CT molecular complexity index is 1650. The van der Waals surface area contributed by atoms with Gasteiger partial charge in [0.2, 0.25) is 11.5 Å². The van der Waals surface area contributed by atoms with Gasteiger partial charge in [-0.1, -0.05) is 52.4 Å². The third kappa shape index (κ3) is 7.18. The lowest BCUT2D eigenvalue weighted by atomic mass is 9.52. The van der Waals surface area contributed by atoms with Crippen LogP contribution >= 0.6 is 0 Å². The van der Waals surface area contributed by atoms with E-state index >= 15 is 0 Å². The number of aryl methyl sites for hydroxylation is 2. The number of nitro benzene ring substituents is 2. The maximum absolute atomic E-state index is 13.9. The van der Waals surface area contributed by atoms with Gasteiger partial charge in [0.15, 0.2) is 0 Å². The van der Waals surface area contributed by atoms with Crippen LogP contribution in [0, 0.1) is 69.6 Å². The van der Waals surface area contributed by atoms with Crippen LogP contribution in [0.3, 0.4) is 0 Å². The predicted molar refractivity (Wildman–Crippen MR) is 209 cm³/mol. The van der Waals surface area contributed by atoms with Gasteiger partial charge in [0.1, 0.15) is 0 Å². The zero-order valence-corrected chi connectivity index (χ0v) is 33.5. The SMILES string of the molecule is CCCCCC12CCC(C(=O)Oc3cc(C)c(-c4c(C)cc(OC(=O)C56CCC(CCCCC)(CC5)CC6)c([N+](=O)[O-])c4C)c(C)c3[N+](=O)[O-])(CC1)CC2. The molecule has 6 aliphatic rings. The van der Waals surface area contributed by atoms with E-state index in [-0.39, 0.29) is 34.0 Å². The lowest BCUT2D eigenvalue weighted by Gasteiger charge is -2.52. The molecule has 6 fully saturated rings. The molecule has 0 aliphatic heterocycles. The van der Waals surface area contributed by atoms with E-state index in [2.05, 4.69) is 13.8 Å². The Labute approximate surface area is 320 Å². The molecular formula is C44H60N2O8. The van der Waals surface area contributed by atoms with Crippen LogP contribution in [0.1, 0.15) is 165 Å². The van der Waals surface area contributed by atoms with E-state index in [1.165, 1.54) is 63.5 Å². The number of carbonyl (C=O) groups excluding carboxylic acids is 2. The van der Waals surface area contributed by atoms with Gasteiger partial charge >= 0.3 is 23.3 Å². The standard InChI is InChI=1S/C44H60N2O8/c1-7-9-11-13-41-15-21-43(22-16-41,23-17-41)39(47)53-33-27-29(3)35(31(5)37(33)45(49)50)36-30(4)28-34(38(32(36)6)46(51)52)54-40(48)44-24-18-42(19-25-44,20-26-44)14-12-10-8-2/h27-28H,7-26H2,1-6H3.